The molecule has 6 N–H and O–H groups in total. The Morgan fingerprint density at radius 3 is 2.14 bits per heavy atom. The fourth-order valence-corrected chi connectivity index (χ4v) is 4.72. The van der Waals surface area contributed by atoms with E-state index in [4.69, 9.17) is 5.73 Å². The average Bonchev–Trinajstić information content (AvgIpc) is 2.93. The van der Waals surface area contributed by atoms with Gasteiger partial charge in [-0.3, -0.25) is 24.0 Å². The van der Waals surface area contributed by atoms with E-state index in [1.165, 1.54) is 7.05 Å². The minimum absolute atomic E-state index is 0.0239. The molecule has 228 valence electrons. The van der Waals surface area contributed by atoms with E-state index in [9.17, 15) is 33.9 Å². The number of carbonyl (C=O) groups is 6. The monoisotopic (exact) mass is 583 g/mol. The number of Topliss-reactive ketones (excluding diaryl/α,β-unsaturated/α-hetero) is 1. The van der Waals surface area contributed by atoms with Crippen molar-refractivity contribution < 1.29 is 33.9 Å². The normalized spacial score (nSPS) is 13.9. The lowest BCUT2D eigenvalue weighted by molar-refractivity contribution is -0.147. The number of hydrogen-bond donors (Lipinski definition) is 5. The summed E-state index contributed by atoms with van der Waals surface area (Å²) >= 11 is 0. The summed E-state index contributed by atoms with van der Waals surface area (Å²) < 4.78 is 0. The average molecular weight is 584 g/mol. The molecule has 12 heteroatoms. The number of fused-ring (bicyclic) bond motifs is 1. The van der Waals surface area contributed by atoms with Crippen LogP contribution in [-0.4, -0.2) is 77.2 Å². The Bertz CT molecular complexity index is 1310. The third-order valence-corrected chi connectivity index (χ3v) is 7.09. The number of ketones is 1. The predicted octanol–water partition coefficient (Wildman–Crippen LogP) is 1.59. The Hall–Kier alpha value is -4.48. The molecule has 0 aliphatic rings. The molecular weight excluding hydrogens is 542 g/mol. The molecule has 0 radical (unpaired) electrons. The topological polar surface area (TPSA) is 188 Å². The summed E-state index contributed by atoms with van der Waals surface area (Å²) in [6.45, 7) is 6.52. The molecule has 12 nitrogen and oxygen atoms in total. The fraction of sp³-hybridized carbons (Fsp3) is 0.467. The summed E-state index contributed by atoms with van der Waals surface area (Å²) in [4.78, 5) is 76.2. The van der Waals surface area contributed by atoms with Gasteiger partial charge in [0.05, 0.1) is 6.54 Å². The zero-order valence-corrected chi connectivity index (χ0v) is 24.7. The highest BCUT2D eigenvalue weighted by molar-refractivity contribution is 6.38. The number of carbonyl (C=O) groups excluding carboxylic acids is 5. The Morgan fingerprint density at radius 1 is 0.929 bits per heavy atom. The molecule has 0 fully saturated rings. The van der Waals surface area contributed by atoms with Crippen LogP contribution in [0.4, 0.5) is 4.79 Å². The second-order valence-electron chi connectivity index (χ2n) is 10.9. The quantitative estimate of drug-likeness (QED) is 0.197. The first-order valence-electron chi connectivity index (χ1n) is 13.9. The van der Waals surface area contributed by atoms with Gasteiger partial charge in [-0.2, -0.15) is 0 Å². The van der Waals surface area contributed by atoms with Crippen molar-refractivity contribution in [1.29, 1.82) is 0 Å². The molecule has 0 aliphatic heterocycles. The first-order chi connectivity index (χ1) is 19.7. The van der Waals surface area contributed by atoms with Gasteiger partial charge in [-0.1, -0.05) is 76.6 Å². The molecule has 0 heterocycles. The number of rotatable bonds is 15. The molecule has 0 bridgehead atoms. The van der Waals surface area contributed by atoms with Crippen molar-refractivity contribution in [3.05, 3.63) is 48.0 Å². The molecule has 0 saturated carbocycles. The van der Waals surface area contributed by atoms with Crippen LogP contribution in [0, 0.1) is 11.8 Å². The molecule has 2 aromatic rings. The SMILES string of the molecule is CCC(C)C(C(=O)C(=O)NCC(=O)NC(Cc1ccc2ccccc2c1)C(N)=O)N(C)C(=O)C(CC(C)C)NC(=O)O. The van der Waals surface area contributed by atoms with Crippen LogP contribution in [0.3, 0.4) is 0 Å². The number of nitrogens with two attached hydrogens (primary N) is 1. The Labute approximate surface area is 245 Å². The van der Waals surface area contributed by atoms with Crippen LogP contribution in [-0.2, 0) is 30.4 Å². The van der Waals surface area contributed by atoms with Gasteiger partial charge in [0.25, 0.3) is 5.91 Å². The lowest BCUT2D eigenvalue weighted by atomic mass is 9.92. The molecular formula is C30H41N5O7. The third kappa shape index (κ3) is 9.57. The van der Waals surface area contributed by atoms with Gasteiger partial charge in [0.1, 0.15) is 18.1 Å². The number of carboxylic acid groups (broad SMARTS) is 1. The van der Waals surface area contributed by atoms with E-state index in [0.717, 1.165) is 21.2 Å². The molecule has 2 aromatic carbocycles. The zero-order valence-electron chi connectivity index (χ0n) is 24.7. The smallest absolute Gasteiger partial charge is 0.405 e. The highest BCUT2D eigenvalue weighted by atomic mass is 16.4. The van der Waals surface area contributed by atoms with Crippen molar-refractivity contribution in [2.24, 2.45) is 17.6 Å². The number of nitrogens with one attached hydrogen (secondary N) is 3. The van der Waals surface area contributed by atoms with Crippen LogP contribution in [0.2, 0.25) is 0 Å². The first kappa shape index (κ1) is 33.7. The summed E-state index contributed by atoms with van der Waals surface area (Å²) in [6.07, 6.45) is -0.613. The van der Waals surface area contributed by atoms with Gasteiger partial charge < -0.3 is 31.7 Å². The fourth-order valence-electron chi connectivity index (χ4n) is 4.72. The molecule has 42 heavy (non-hydrogen) atoms. The van der Waals surface area contributed by atoms with Crippen LogP contribution in [0.5, 0.6) is 0 Å². The molecule has 0 saturated heterocycles. The predicted molar refractivity (Wildman–Crippen MR) is 157 cm³/mol. The van der Waals surface area contributed by atoms with Crippen molar-refractivity contribution in [3.8, 4) is 0 Å². The van der Waals surface area contributed by atoms with Crippen LogP contribution in [0.15, 0.2) is 42.5 Å². The van der Waals surface area contributed by atoms with Crippen molar-refractivity contribution in [3.63, 3.8) is 0 Å². The van der Waals surface area contributed by atoms with Crippen molar-refractivity contribution in [1.82, 2.24) is 20.9 Å². The van der Waals surface area contributed by atoms with Crippen LogP contribution >= 0.6 is 0 Å². The van der Waals surface area contributed by atoms with Crippen LogP contribution in [0.1, 0.15) is 46.1 Å². The number of primary amides is 1. The van der Waals surface area contributed by atoms with E-state index in [2.05, 4.69) is 16.0 Å². The molecule has 0 spiro atoms. The Balaban J connectivity index is 2.07. The van der Waals surface area contributed by atoms with E-state index >= 15 is 0 Å². The number of amides is 5. The van der Waals surface area contributed by atoms with Gasteiger partial charge in [0.15, 0.2) is 0 Å². The molecule has 2 rings (SSSR count). The number of hydrogen-bond acceptors (Lipinski definition) is 6. The Morgan fingerprint density at radius 2 is 1.57 bits per heavy atom. The van der Waals surface area contributed by atoms with Gasteiger partial charge in [-0.05, 0) is 34.6 Å². The minimum atomic E-state index is -1.38. The first-order valence-corrected chi connectivity index (χ1v) is 13.9. The van der Waals surface area contributed by atoms with Gasteiger partial charge in [0.2, 0.25) is 23.5 Å². The van der Waals surface area contributed by atoms with Gasteiger partial charge >= 0.3 is 6.09 Å². The van der Waals surface area contributed by atoms with Gasteiger partial charge in [0, 0.05) is 13.5 Å². The van der Waals surface area contributed by atoms with Crippen molar-refractivity contribution in [2.75, 3.05) is 13.6 Å². The minimum Gasteiger partial charge on any atom is -0.465 e. The molecule has 4 unspecified atom stereocenters. The summed E-state index contributed by atoms with van der Waals surface area (Å²) in [6, 6.07) is 9.95. The van der Waals surface area contributed by atoms with Gasteiger partial charge in [-0.25, -0.2) is 4.79 Å². The summed E-state index contributed by atoms with van der Waals surface area (Å²) in [5.41, 5.74) is 6.28. The van der Waals surface area contributed by atoms with Crippen molar-refractivity contribution in [2.45, 2.75) is 65.1 Å². The summed E-state index contributed by atoms with van der Waals surface area (Å²) in [5, 5.41) is 18.1. The van der Waals surface area contributed by atoms with Gasteiger partial charge in [-0.15, -0.1) is 0 Å². The largest absolute Gasteiger partial charge is 0.465 e. The molecule has 5 amide bonds. The third-order valence-electron chi connectivity index (χ3n) is 7.09. The van der Waals surface area contributed by atoms with Crippen LogP contribution < -0.4 is 21.7 Å². The highest BCUT2D eigenvalue weighted by Gasteiger charge is 2.38. The maximum Gasteiger partial charge on any atom is 0.405 e. The van der Waals surface area contributed by atoms with E-state index < -0.39 is 66.1 Å². The molecule has 0 aromatic heterocycles. The summed E-state index contributed by atoms with van der Waals surface area (Å²) in [5.74, 6) is -4.65. The standard InChI is InChI=1S/C30H41N5O7/c1-6-18(4)25(35(5)29(40)23(13-17(2)3)34-30(41)42)26(37)28(39)32-16-24(36)33-22(27(31)38)15-19-11-12-20-9-7-8-10-21(20)14-19/h7-12,14,17-18,22-23,25,34H,6,13,15-16H2,1-5H3,(H2,31,38)(H,32,39)(H,33,36)(H,41,42). The number of likely N-dealkylation sites (N-methyl/N-ethyl adjacent to an activating group) is 1. The lowest BCUT2D eigenvalue weighted by Crippen LogP contribution is -2.57. The second kappa shape index (κ2) is 15.5. The van der Waals surface area contributed by atoms with Crippen LogP contribution in [0.25, 0.3) is 10.8 Å². The van der Waals surface area contributed by atoms with Crippen molar-refractivity contribution >= 4 is 46.3 Å². The van der Waals surface area contributed by atoms with E-state index in [1.54, 1.807) is 13.8 Å². The zero-order chi connectivity index (χ0) is 31.6. The molecule has 0 aliphatic carbocycles. The highest BCUT2D eigenvalue weighted by Crippen LogP contribution is 2.19. The van der Waals surface area contributed by atoms with E-state index in [1.807, 2.05) is 56.3 Å². The number of nitrogens with zero attached hydrogens (tertiary/aromatic N) is 1. The summed E-state index contributed by atoms with van der Waals surface area (Å²) in [7, 11) is 1.35. The Kier molecular flexibility index (Phi) is 12.4. The van der Waals surface area contributed by atoms with E-state index in [-0.39, 0.29) is 18.8 Å². The number of benzene rings is 2. The maximum atomic E-state index is 13.2. The molecule has 4 atom stereocenters. The maximum absolute atomic E-state index is 13.2. The second-order valence-corrected chi connectivity index (χ2v) is 10.9. The van der Waals surface area contributed by atoms with E-state index in [0.29, 0.717) is 6.42 Å². The lowest BCUT2D eigenvalue weighted by Gasteiger charge is -2.33.